The maximum absolute atomic E-state index is 12.8. The van der Waals surface area contributed by atoms with Crippen LogP contribution in [0.4, 0.5) is 4.79 Å². The molecular weight excluding hydrogens is 294 g/mol. The first kappa shape index (κ1) is 17.2. The molecule has 0 aliphatic carbocycles. The molecule has 0 aromatic heterocycles. The van der Waals surface area contributed by atoms with Crippen molar-refractivity contribution in [1.29, 1.82) is 0 Å². The van der Waals surface area contributed by atoms with Crippen LogP contribution in [-0.4, -0.2) is 35.3 Å². The van der Waals surface area contributed by atoms with Crippen LogP contribution in [0.25, 0.3) is 0 Å². The predicted molar refractivity (Wildman–Crippen MR) is 85.8 cm³/mol. The number of ether oxygens (including phenoxy) is 1. The molecule has 124 valence electrons. The Morgan fingerprint density at radius 2 is 2.00 bits per heavy atom. The number of amides is 2. The minimum Gasteiger partial charge on any atom is -0.447 e. The molecule has 5 heteroatoms. The Morgan fingerprint density at radius 3 is 2.61 bits per heavy atom. The average molecular weight is 317 g/mol. The molecule has 0 spiro atoms. The van der Waals surface area contributed by atoms with Gasteiger partial charge >= 0.3 is 6.09 Å². The van der Waals surface area contributed by atoms with Gasteiger partial charge in [-0.25, -0.2) is 9.69 Å². The number of carbonyl (C=O) groups excluding carboxylic acids is 3. The maximum atomic E-state index is 12.8. The van der Waals surface area contributed by atoms with Gasteiger partial charge < -0.3 is 9.53 Å². The van der Waals surface area contributed by atoms with Crippen molar-refractivity contribution in [3.8, 4) is 0 Å². The smallest absolute Gasteiger partial charge is 0.416 e. The van der Waals surface area contributed by atoms with E-state index in [4.69, 9.17) is 4.74 Å². The van der Waals surface area contributed by atoms with Gasteiger partial charge in [0.1, 0.15) is 12.4 Å². The standard InChI is InChI=1S/C18H23NO4/c1-3-7-15(10-13(2)20)17(21)19-16(12-23-18(19)22)11-14-8-5-4-6-9-14/h4-6,8-9,15-16H,3,7,10-12H2,1-2H3. The Balaban J connectivity index is 2.14. The summed E-state index contributed by atoms with van der Waals surface area (Å²) < 4.78 is 5.09. The number of nitrogens with zero attached hydrogens (tertiary/aromatic N) is 1. The average Bonchev–Trinajstić information content (AvgIpc) is 2.87. The second kappa shape index (κ2) is 7.90. The molecule has 2 amide bonds. The lowest BCUT2D eigenvalue weighted by atomic mass is 9.95. The van der Waals surface area contributed by atoms with Gasteiger partial charge in [0, 0.05) is 12.3 Å². The topological polar surface area (TPSA) is 63.7 Å². The fourth-order valence-electron chi connectivity index (χ4n) is 2.97. The van der Waals surface area contributed by atoms with Crippen molar-refractivity contribution in [2.75, 3.05) is 6.61 Å². The summed E-state index contributed by atoms with van der Waals surface area (Å²) in [5, 5.41) is 0. The van der Waals surface area contributed by atoms with E-state index in [-0.39, 0.29) is 30.8 Å². The molecule has 1 aromatic rings. The zero-order valence-corrected chi connectivity index (χ0v) is 13.7. The largest absolute Gasteiger partial charge is 0.447 e. The molecule has 0 saturated carbocycles. The number of benzene rings is 1. The Morgan fingerprint density at radius 1 is 1.30 bits per heavy atom. The fraction of sp³-hybridized carbons (Fsp3) is 0.500. The first-order valence-electron chi connectivity index (χ1n) is 8.06. The summed E-state index contributed by atoms with van der Waals surface area (Å²) in [5.41, 5.74) is 1.05. The quantitative estimate of drug-likeness (QED) is 0.775. The van der Waals surface area contributed by atoms with Crippen LogP contribution in [0.3, 0.4) is 0 Å². The van der Waals surface area contributed by atoms with Crippen LogP contribution in [0.5, 0.6) is 0 Å². The third-order valence-corrected chi connectivity index (χ3v) is 4.03. The molecule has 1 aliphatic rings. The second-order valence-electron chi connectivity index (χ2n) is 6.02. The number of hydrogen-bond acceptors (Lipinski definition) is 4. The predicted octanol–water partition coefficient (Wildman–Crippen LogP) is 2.97. The highest BCUT2D eigenvalue weighted by atomic mass is 16.6. The van der Waals surface area contributed by atoms with Crippen molar-refractivity contribution >= 4 is 17.8 Å². The van der Waals surface area contributed by atoms with E-state index in [1.807, 2.05) is 37.3 Å². The lowest BCUT2D eigenvalue weighted by molar-refractivity contribution is -0.136. The second-order valence-corrected chi connectivity index (χ2v) is 6.02. The highest BCUT2D eigenvalue weighted by Crippen LogP contribution is 2.23. The van der Waals surface area contributed by atoms with Crippen LogP contribution in [-0.2, 0) is 20.7 Å². The first-order chi connectivity index (χ1) is 11.0. The Kier molecular flexibility index (Phi) is 5.90. The summed E-state index contributed by atoms with van der Waals surface area (Å²) >= 11 is 0. The van der Waals surface area contributed by atoms with Gasteiger partial charge in [-0.3, -0.25) is 4.79 Å². The summed E-state index contributed by atoms with van der Waals surface area (Å²) in [6, 6.07) is 9.40. The Hall–Kier alpha value is -2.17. The molecule has 1 heterocycles. The summed E-state index contributed by atoms with van der Waals surface area (Å²) in [6.07, 6.45) is 1.53. The molecule has 0 N–H and O–H groups in total. The van der Waals surface area contributed by atoms with Gasteiger partial charge in [0.05, 0.1) is 6.04 Å². The molecule has 2 rings (SSSR count). The number of hydrogen-bond donors (Lipinski definition) is 0. The molecule has 0 bridgehead atoms. The van der Waals surface area contributed by atoms with E-state index < -0.39 is 12.0 Å². The van der Waals surface area contributed by atoms with Crippen LogP contribution < -0.4 is 0 Å². The van der Waals surface area contributed by atoms with Gasteiger partial charge in [0.15, 0.2) is 0 Å². The Bertz CT molecular complexity index is 570. The molecular formula is C18H23NO4. The van der Waals surface area contributed by atoms with Crippen molar-refractivity contribution in [3.05, 3.63) is 35.9 Å². The van der Waals surface area contributed by atoms with Crippen molar-refractivity contribution in [3.63, 3.8) is 0 Å². The number of imide groups is 1. The first-order valence-corrected chi connectivity index (χ1v) is 8.06. The summed E-state index contributed by atoms with van der Waals surface area (Å²) in [6.45, 7) is 3.64. The summed E-state index contributed by atoms with van der Waals surface area (Å²) in [7, 11) is 0. The van der Waals surface area contributed by atoms with Gasteiger partial charge in [0.2, 0.25) is 5.91 Å². The van der Waals surface area contributed by atoms with Gasteiger partial charge in [-0.2, -0.15) is 0 Å². The lowest BCUT2D eigenvalue weighted by Crippen LogP contribution is -2.44. The molecule has 0 radical (unpaired) electrons. The zero-order chi connectivity index (χ0) is 16.8. The van der Waals surface area contributed by atoms with E-state index in [0.717, 1.165) is 12.0 Å². The van der Waals surface area contributed by atoms with E-state index in [1.165, 1.54) is 11.8 Å². The zero-order valence-electron chi connectivity index (χ0n) is 13.7. The highest BCUT2D eigenvalue weighted by molar-refractivity contribution is 5.96. The van der Waals surface area contributed by atoms with E-state index in [1.54, 1.807) is 0 Å². The van der Waals surface area contributed by atoms with Crippen molar-refractivity contribution in [2.24, 2.45) is 5.92 Å². The lowest BCUT2D eigenvalue weighted by Gasteiger charge is -2.24. The molecule has 1 aliphatic heterocycles. The van der Waals surface area contributed by atoms with E-state index >= 15 is 0 Å². The highest BCUT2D eigenvalue weighted by Gasteiger charge is 2.40. The van der Waals surface area contributed by atoms with Crippen LogP contribution in [0.1, 0.15) is 38.7 Å². The third kappa shape index (κ3) is 4.41. The van der Waals surface area contributed by atoms with Crippen LogP contribution in [0, 0.1) is 5.92 Å². The monoisotopic (exact) mass is 317 g/mol. The van der Waals surface area contributed by atoms with E-state index in [0.29, 0.717) is 12.8 Å². The van der Waals surface area contributed by atoms with Gasteiger partial charge in [-0.05, 0) is 25.3 Å². The van der Waals surface area contributed by atoms with Gasteiger partial charge in [-0.15, -0.1) is 0 Å². The number of ketones is 1. The van der Waals surface area contributed by atoms with Crippen molar-refractivity contribution in [1.82, 2.24) is 4.90 Å². The van der Waals surface area contributed by atoms with E-state index in [2.05, 4.69) is 0 Å². The molecule has 5 nitrogen and oxygen atoms in total. The van der Waals surface area contributed by atoms with Gasteiger partial charge in [-0.1, -0.05) is 43.7 Å². The summed E-state index contributed by atoms with van der Waals surface area (Å²) in [4.78, 5) is 37.4. The third-order valence-electron chi connectivity index (χ3n) is 4.03. The van der Waals surface area contributed by atoms with Crippen LogP contribution in [0.2, 0.25) is 0 Å². The van der Waals surface area contributed by atoms with Crippen LogP contribution in [0.15, 0.2) is 30.3 Å². The fourth-order valence-corrected chi connectivity index (χ4v) is 2.97. The Labute approximate surface area is 136 Å². The maximum Gasteiger partial charge on any atom is 0.416 e. The molecule has 23 heavy (non-hydrogen) atoms. The van der Waals surface area contributed by atoms with E-state index in [9.17, 15) is 14.4 Å². The minimum atomic E-state index is -0.597. The number of rotatable bonds is 7. The minimum absolute atomic E-state index is 0.0380. The number of carbonyl (C=O) groups is 3. The molecule has 1 saturated heterocycles. The molecule has 2 unspecified atom stereocenters. The molecule has 1 aromatic carbocycles. The van der Waals surface area contributed by atoms with Crippen molar-refractivity contribution in [2.45, 2.75) is 45.6 Å². The summed E-state index contributed by atoms with van der Waals surface area (Å²) in [5.74, 6) is -0.768. The van der Waals surface area contributed by atoms with Crippen LogP contribution >= 0.6 is 0 Å². The SMILES string of the molecule is CCCC(CC(C)=O)C(=O)N1C(=O)OCC1Cc1ccccc1. The van der Waals surface area contributed by atoms with Gasteiger partial charge in [0.25, 0.3) is 0 Å². The number of Topliss-reactive ketones (excluding diaryl/α,β-unsaturated/α-hetero) is 1. The van der Waals surface area contributed by atoms with Crippen molar-refractivity contribution < 1.29 is 19.1 Å². The molecule has 2 atom stereocenters. The number of cyclic esters (lactones) is 1. The molecule has 1 fully saturated rings. The normalized spacial score (nSPS) is 18.6.